The smallest absolute Gasteiger partial charge is 0.360 e. The molecule has 0 fully saturated rings. The highest BCUT2D eigenvalue weighted by Crippen LogP contribution is 2.08. The van der Waals surface area contributed by atoms with Gasteiger partial charge in [-0.1, -0.05) is 12.1 Å². The number of hydrogen-bond acceptors (Lipinski definition) is 5. The van der Waals surface area contributed by atoms with Crippen LogP contribution in [0.25, 0.3) is 0 Å². The highest BCUT2D eigenvalue weighted by atomic mass is 16.5. The van der Waals surface area contributed by atoms with E-state index in [1.165, 1.54) is 7.11 Å². The van der Waals surface area contributed by atoms with E-state index in [2.05, 4.69) is 27.1 Å². The van der Waals surface area contributed by atoms with Gasteiger partial charge in [-0.3, -0.25) is 4.68 Å². The van der Waals surface area contributed by atoms with Crippen LogP contribution in [0.2, 0.25) is 0 Å². The Labute approximate surface area is 111 Å². The van der Waals surface area contributed by atoms with Crippen molar-refractivity contribution in [3.8, 4) is 0 Å². The van der Waals surface area contributed by atoms with E-state index in [1.54, 1.807) is 10.9 Å². The number of rotatable bonds is 5. The zero-order valence-electron chi connectivity index (χ0n) is 11.3. The average molecular weight is 263 g/mol. The van der Waals surface area contributed by atoms with Gasteiger partial charge in [-0.2, -0.15) is 5.10 Å². The van der Waals surface area contributed by atoms with Crippen LogP contribution in [0.1, 0.15) is 35.7 Å². The summed E-state index contributed by atoms with van der Waals surface area (Å²) in [7, 11) is 1.32. The van der Waals surface area contributed by atoms with Crippen LogP contribution < -0.4 is 0 Å². The molecule has 0 bridgehead atoms. The van der Waals surface area contributed by atoms with Gasteiger partial charge in [0.05, 0.1) is 31.2 Å². The first-order valence-electron chi connectivity index (χ1n) is 6.22. The molecule has 0 amide bonds. The minimum absolute atomic E-state index is 0.209. The van der Waals surface area contributed by atoms with E-state index >= 15 is 0 Å². The number of carbonyl (C=O) groups is 1. The molecular formula is C12H17N5O2. The molecule has 0 spiro atoms. The Morgan fingerprint density at radius 3 is 2.84 bits per heavy atom. The quantitative estimate of drug-likeness (QED) is 0.749. The first-order valence-corrected chi connectivity index (χ1v) is 6.22. The van der Waals surface area contributed by atoms with Crippen molar-refractivity contribution < 1.29 is 9.53 Å². The van der Waals surface area contributed by atoms with Crippen molar-refractivity contribution in [3.05, 3.63) is 29.3 Å². The van der Waals surface area contributed by atoms with E-state index in [9.17, 15) is 4.79 Å². The van der Waals surface area contributed by atoms with Gasteiger partial charge in [-0.15, -0.1) is 5.10 Å². The lowest BCUT2D eigenvalue weighted by molar-refractivity contribution is 0.0594. The summed E-state index contributed by atoms with van der Waals surface area (Å²) in [6.45, 7) is 5.44. The Bertz CT molecular complexity index is 572. The van der Waals surface area contributed by atoms with Crippen molar-refractivity contribution in [3.63, 3.8) is 0 Å². The summed E-state index contributed by atoms with van der Waals surface area (Å²) in [5.74, 6) is -0.482. The fraction of sp³-hybridized carbons (Fsp3) is 0.500. The molecule has 0 N–H and O–H groups in total. The number of nitrogens with zero attached hydrogens (tertiary/aromatic N) is 5. The molecule has 0 aromatic carbocycles. The van der Waals surface area contributed by atoms with Crippen LogP contribution >= 0.6 is 0 Å². The first kappa shape index (κ1) is 13.3. The maximum Gasteiger partial charge on any atom is 0.360 e. The summed E-state index contributed by atoms with van der Waals surface area (Å²) >= 11 is 0. The highest BCUT2D eigenvalue weighted by Gasteiger charge is 2.12. The molecule has 7 heteroatoms. The lowest BCUT2D eigenvalue weighted by Crippen LogP contribution is -2.08. The van der Waals surface area contributed by atoms with Crippen LogP contribution in [-0.2, 0) is 24.2 Å². The maximum absolute atomic E-state index is 11.3. The molecule has 0 saturated heterocycles. The number of aromatic nitrogens is 5. The van der Waals surface area contributed by atoms with Gasteiger partial charge in [-0.25, -0.2) is 9.48 Å². The SMILES string of the molecule is CCc1cc(Cn2cc(C(=O)OC)nn2)n(CC)n1. The number of carbonyl (C=O) groups excluding carboxylic acids is 1. The van der Waals surface area contributed by atoms with E-state index in [1.807, 2.05) is 17.7 Å². The van der Waals surface area contributed by atoms with Gasteiger partial charge in [0.15, 0.2) is 5.69 Å². The Balaban J connectivity index is 2.18. The minimum atomic E-state index is -0.482. The van der Waals surface area contributed by atoms with Crippen LogP contribution in [0.5, 0.6) is 0 Å². The van der Waals surface area contributed by atoms with Crippen LogP contribution in [0.3, 0.4) is 0 Å². The molecule has 2 rings (SSSR count). The van der Waals surface area contributed by atoms with Gasteiger partial charge in [0.2, 0.25) is 0 Å². The number of methoxy groups -OCH3 is 1. The average Bonchev–Trinajstić information content (AvgIpc) is 3.05. The van der Waals surface area contributed by atoms with Crippen LogP contribution in [0.15, 0.2) is 12.3 Å². The largest absolute Gasteiger partial charge is 0.464 e. The maximum atomic E-state index is 11.3. The normalized spacial score (nSPS) is 10.7. The van der Waals surface area contributed by atoms with E-state index in [0.717, 1.165) is 24.4 Å². The van der Waals surface area contributed by atoms with E-state index in [-0.39, 0.29) is 5.69 Å². The van der Waals surface area contributed by atoms with Gasteiger partial charge >= 0.3 is 5.97 Å². The molecule has 0 atom stereocenters. The zero-order chi connectivity index (χ0) is 13.8. The molecule has 0 aliphatic carbocycles. The predicted octanol–water partition coefficient (Wildman–Crippen LogP) is 0.892. The van der Waals surface area contributed by atoms with Crippen molar-refractivity contribution in [2.75, 3.05) is 7.11 Å². The third-order valence-corrected chi connectivity index (χ3v) is 2.83. The molecule has 0 unspecified atom stereocenters. The van der Waals surface area contributed by atoms with Crippen molar-refractivity contribution in [2.45, 2.75) is 33.4 Å². The van der Waals surface area contributed by atoms with E-state index in [0.29, 0.717) is 6.54 Å². The lowest BCUT2D eigenvalue weighted by Gasteiger charge is -2.03. The van der Waals surface area contributed by atoms with Gasteiger partial charge < -0.3 is 4.74 Å². The predicted molar refractivity (Wildman–Crippen MR) is 67.7 cm³/mol. The van der Waals surface area contributed by atoms with Gasteiger partial charge in [0, 0.05) is 6.54 Å². The zero-order valence-corrected chi connectivity index (χ0v) is 11.3. The fourth-order valence-electron chi connectivity index (χ4n) is 1.83. The van der Waals surface area contributed by atoms with Gasteiger partial charge in [0.25, 0.3) is 0 Å². The van der Waals surface area contributed by atoms with Gasteiger partial charge in [0.1, 0.15) is 0 Å². The summed E-state index contributed by atoms with van der Waals surface area (Å²) in [5, 5.41) is 12.2. The highest BCUT2D eigenvalue weighted by molar-refractivity contribution is 5.86. The van der Waals surface area contributed by atoms with E-state index in [4.69, 9.17) is 0 Å². The Morgan fingerprint density at radius 1 is 1.42 bits per heavy atom. The third kappa shape index (κ3) is 2.81. The van der Waals surface area contributed by atoms with Crippen LogP contribution in [0.4, 0.5) is 0 Å². The topological polar surface area (TPSA) is 74.8 Å². The Hall–Kier alpha value is -2.18. The molecule has 0 aliphatic rings. The summed E-state index contributed by atoms with van der Waals surface area (Å²) in [4.78, 5) is 11.3. The molecule has 0 saturated carbocycles. The van der Waals surface area contributed by atoms with Crippen LogP contribution in [-0.4, -0.2) is 37.9 Å². The molecule has 7 nitrogen and oxygen atoms in total. The van der Waals surface area contributed by atoms with Crippen molar-refractivity contribution >= 4 is 5.97 Å². The monoisotopic (exact) mass is 263 g/mol. The number of hydrogen-bond donors (Lipinski definition) is 0. The Kier molecular flexibility index (Phi) is 3.94. The number of aryl methyl sites for hydroxylation is 2. The summed E-state index contributed by atoms with van der Waals surface area (Å²) in [5.41, 5.74) is 2.30. The number of esters is 1. The van der Waals surface area contributed by atoms with Gasteiger partial charge in [-0.05, 0) is 19.4 Å². The Morgan fingerprint density at radius 2 is 2.21 bits per heavy atom. The van der Waals surface area contributed by atoms with Crippen molar-refractivity contribution in [1.82, 2.24) is 24.8 Å². The molecule has 0 radical (unpaired) electrons. The second kappa shape index (κ2) is 5.64. The lowest BCUT2D eigenvalue weighted by atomic mass is 10.3. The summed E-state index contributed by atoms with van der Waals surface area (Å²) in [6, 6.07) is 2.04. The molecule has 2 heterocycles. The van der Waals surface area contributed by atoms with Crippen molar-refractivity contribution in [1.29, 1.82) is 0 Å². The molecule has 0 aliphatic heterocycles. The standard InChI is InChI=1S/C12H17N5O2/c1-4-9-6-10(17(5-2)14-9)7-16-8-11(13-15-16)12(18)19-3/h6,8H,4-5,7H2,1-3H3. The van der Waals surface area contributed by atoms with Crippen LogP contribution in [0, 0.1) is 0 Å². The first-order chi connectivity index (χ1) is 9.17. The molecule has 19 heavy (non-hydrogen) atoms. The second-order valence-electron chi connectivity index (χ2n) is 4.09. The van der Waals surface area contributed by atoms with Crippen molar-refractivity contribution in [2.24, 2.45) is 0 Å². The summed E-state index contributed by atoms with van der Waals surface area (Å²) in [6.07, 6.45) is 2.47. The minimum Gasteiger partial charge on any atom is -0.464 e. The molecule has 102 valence electrons. The second-order valence-corrected chi connectivity index (χ2v) is 4.09. The summed E-state index contributed by atoms with van der Waals surface area (Å²) < 4.78 is 8.13. The fourth-order valence-corrected chi connectivity index (χ4v) is 1.83. The van der Waals surface area contributed by atoms with E-state index < -0.39 is 5.97 Å². The molecule has 2 aromatic rings. The molecular weight excluding hydrogens is 246 g/mol. The molecule has 2 aromatic heterocycles. The third-order valence-electron chi connectivity index (χ3n) is 2.83. The number of ether oxygens (including phenoxy) is 1.